The van der Waals surface area contributed by atoms with E-state index in [1.807, 2.05) is 12.1 Å². The molecule has 1 fully saturated rings. The van der Waals surface area contributed by atoms with Crippen LogP contribution in [-0.2, 0) is 9.47 Å². The van der Waals surface area contributed by atoms with Crippen LogP contribution < -0.4 is 10.2 Å². The van der Waals surface area contributed by atoms with E-state index in [0.717, 1.165) is 15.8 Å². The van der Waals surface area contributed by atoms with Gasteiger partial charge < -0.3 is 19.7 Å². The third-order valence-electron chi connectivity index (χ3n) is 4.53. The topological polar surface area (TPSA) is 89.5 Å². The highest BCUT2D eigenvalue weighted by Crippen LogP contribution is 2.37. The van der Waals surface area contributed by atoms with Crippen LogP contribution in [0.1, 0.15) is 21.3 Å². The van der Waals surface area contributed by atoms with Crippen molar-refractivity contribution in [2.45, 2.75) is 6.10 Å². The monoisotopic (exact) mass is 399 g/mol. The van der Waals surface area contributed by atoms with E-state index in [1.54, 1.807) is 31.8 Å². The highest BCUT2D eigenvalue weighted by atomic mass is 32.1. The molecule has 1 aliphatic heterocycles. The number of methoxy groups -OCH3 is 1. The maximum absolute atomic E-state index is 12.8. The second-order valence-corrected chi connectivity index (χ2v) is 7.30. The Morgan fingerprint density at radius 1 is 1.32 bits per heavy atom. The fraction of sp³-hybridized carbons (Fsp3) is 0.368. The molecule has 146 valence electrons. The number of pyridine rings is 1. The van der Waals surface area contributed by atoms with Gasteiger partial charge in [0.2, 0.25) is 5.95 Å². The van der Waals surface area contributed by atoms with Crippen molar-refractivity contribution in [2.75, 3.05) is 44.9 Å². The summed E-state index contributed by atoms with van der Waals surface area (Å²) in [6.45, 7) is 2.72. The molecule has 1 N–H and O–H groups in total. The minimum absolute atomic E-state index is 0.133. The Morgan fingerprint density at radius 2 is 2.14 bits per heavy atom. The third-order valence-corrected chi connectivity index (χ3v) is 5.65. The summed E-state index contributed by atoms with van der Waals surface area (Å²) in [7, 11) is 1.61. The van der Waals surface area contributed by atoms with E-state index in [2.05, 4.69) is 25.2 Å². The molecule has 0 saturated carbocycles. The highest BCUT2D eigenvalue weighted by molar-refractivity contribution is 7.20. The second-order valence-electron chi connectivity index (χ2n) is 6.30. The molecule has 0 aromatic carbocycles. The molecule has 8 nitrogen and oxygen atoms in total. The van der Waals surface area contributed by atoms with Gasteiger partial charge >= 0.3 is 0 Å². The molecule has 0 spiro atoms. The number of thiophene rings is 1. The molecule has 0 unspecified atom stereocenters. The van der Waals surface area contributed by atoms with E-state index >= 15 is 0 Å². The summed E-state index contributed by atoms with van der Waals surface area (Å²) >= 11 is 1.39. The van der Waals surface area contributed by atoms with Crippen LogP contribution in [-0.4, -0.2) is 60.8 Å². The van der Waals surface area contributed by atoms with E-state index in [1.165, 1.54) is 11.3 Å². The fourth-order valence-electron chi connectivity index (χ4n) is 3.25. The molecular weight excluding hydrogens is 378 g/mol. The van der Waals surface area contributed by atoms with Gasteiger partial charge in [-0.3, -0.25) is 4.79 Å². The first-order chi connectivity index (χ1) is 13.8. The number of morpholine rings is 1. The van der Waals surface area contributed by atoms with Crippen LogP contribution in [0, 0.1) is 0 Å². The van der Waals surface area contributed by atoms with E-state index in [4.69, 9.17) is 9.47 Å². The summed E-state index contributed by atoms with van der Waals surface area (Å²) in [5.74, 6) is 0.534. The van der Waals surface area contributed by atoms with Gasteiger partial charge in [0.25, 0.3) is 5.91 Å². The van der Waals surface area contributed by atoms with Crippen molar-refractivity contribution in [1.82, 2.24) is 20.3 Å². The number of carbonyl (C=O) groups is 1. The largest absolute Gasteiger partial charge is 0.383 e. The molecule has 4 rings (SSSR count). The first kappa shape index (κ1) is 18.7. The molecule has 3 aromatic heterocycles. The van der Waals surface area contributed by atoms with Crippen LogP contribution in [0.3, 0.4) is 0 Å². The number of amides is 1. The van der Waals surface area contributed by atoms with Crippen LogP contribution in [0.5, 0.6) is 0 Å². The maximum atomic E-state index is 12.8. The van der Waals surface area contributed by atoms with Gasteiger partial charge in [-0.25, -0.2) is 15.0 Å². The van der Waals surface area contributed by atoms with E-state index in [9.17, 15) is 4.79 Å². The molecule has 28 heavy (non-hydrogen) atoms. The van der Waals surface area contributed by atoms with Gasteiger partial charge in [0, 0.05) is 49.7 Å². The van der Waals surface area contributed by atoms with Gasteiger partial charge in [-0.1, -0.05) is 6.07 Å². The number of nitrogens with zero attached hydrogens (tertiary/aromatic N) is 4. The Bertz CT molecular complexity index is 949. The lowest BCUT2D eigenvalue weighted by Crippen LogP contribution is -2.40. The minimum atomic E-state index is -0.265. The Morgan fingerprint density at radius 3 is 2.96 bits per heavy atom. The average Bonchev–Trinajstić information content (AvgIpc) is 3.14. The van der Waals surface area contributed by atoms with Crippen molar-refractivity contribution in [1.29, 1.82) is 0 Å². The van der Waals surface area contributed by atoms with Crippen molar-refractivity contribution < 1.29 is 14.3 Å². The van der Waals surface area contributed by atoms with Crippen molar-refractivity contribution in [3.05, 3.63) is 47.2 Å². The second kappa shape index (κ2) is 8.59. The lowest BCUT2D eigenvalue weighted by Gasteiger charge is -2.33. The zero-order valence-corrected chi connectivity index (χ0v) is 16.3. The van der Waals surface area contributed by atoms with Crippen molar-refractivity contribution in [3.63, 3.8) is 0 Å². The summed E-state index contributed by atoms with van der Waals surface area (Å²) in [4.78, 5) is 29.5. The summed E-state index contributed by atoms with van der Waals surface area (Å²) in [5.41, 5.74) is 0.878. The SMILES string of the molecule is COCCNC(=O)c1sc2ncccc2c1[C@H]1CN(c2ncccn2)CCO1. The lowest BCUT2D eigenvalue weighted by atomic mass is 10.0. The minimum Gasteiger partial charge on any atom is -0.383 e. The van der Waals surface area contributed by atoms with Crippen molar-refractivity contribution >= 4 is 33.4 Å². The number of anilines is 1. The number of ether oxygens (including phenoxy) is 2. The standard InChI is InChI=1S/C19H21N5O3S/c1-26-10-8-20-17(25)16-15(13-4-2-5-21-18(13)28-16)14-12-24(9-11-27-14)19-22-6-3-7-23-19/h2-7,14H,8-12H2,1H3,(H,20,25)/t14-/m1/s1. The normalized spacial score (nSPS) is 17.0. The molecule has 1 aliphatic rings. The van der Waals surface area contributed by atoms with Gasteiger partial charge in [-0.2, -0.15) is 0 Å². The highest BCUT2D eigenvalue weighted by Gasteiger charge is 2.30. The molecule has 1 saturated heterocycles. The Kier molecular flexibility index (Phi) is 5.75. The summed E-state index contributed by atoms with van der Waals surface area (Å²) < 4.78 is 11.1. The molecule has 3 aromatic rings. The van der Waals surface area contributed by atoms with Crippen molar-refractivity contribution in [2.24, 2.45) is 0 Å². The number of aromatic nitrogens is 3. The molecule has 0 aliphatic carbocycles. The predicted molar refractivity (Wildman–Crippen MR) is 107 cm³/mol. The van der Waals surface area contributed by atoms with Gasteiger partial charge in [0.1, 0.15) is 15.8 Å². The zero-order chi connectivity index (χ0) is 19.3. The number of carbonyl (C=O) groups excluding carboxylic acids is 1. The van der Waals surface area contributed by atoms with Crippen LogP contribution in [0.4, 0.5) is 5.95 Å². The summed E-state index contributed by atoms with van der Waals surface area (Å²) in [5, 5.41) is 3.86. The smallest absolute Gasteiger partial charge is 0.261 e. The Hall–Kier alpha value is -2.62. The molecule has 4 heterocycles. The molecule has 9 heteroatoms. The Balaban J connectivity index is 1.66. The molecule has 0 radical (unpaired) electrons. The maximum Gasteiger partial charge on any atom is 0.261 e. The van der Waals surface area contributed by atoms with Crippen LogP contribution >= 0.6 is 11.3 Å². The molecule has 1 atom stereocenters. The summed E-state index contributed by atoms with van der Waals surface area (Å²) in [6, 6.07) is 5.66. The number of fused-ring (bicyclic) bond motifs is 1. The number of nitrogens with one attached hydrogen (secondary N) is 1. The van der Waals surface area contributed by atoms with Crippen molar-refractivity contribution in [3.8, 4) is 0 Å². The van der Waals surface area contributed by atoms with Gasteiger partial charge in [0.15, 0.2) is 0 Å². The molecule has 1 amide bonds. The predicted octanol–water partition coefficient (Wildman–Crippen LogP) is 2.04. The molecular formula is C19H21N5O3S. The number of rotatable bonds is 6. The van der Waals surface area contributed by atoms with Crippen LogP contribution in [0.15, 0.2) is 36.8 Å². The van der Waals surface area contributed by atoms with E-state index in [-0.39, 0.29) is 12.0 Å². The first-order valence-corrected chi connectivity index (χ1v) is 9.87. The average molecular weight is 399 g/mol. The van der Waals surface area contributed by atoms with E-state index < -0.39 is 0 Å². The van der Waals surface area contributed by atoms with Gasteiger partial charge in [-0.15, -0.1) is 11.3 Å². The molecule has 0 bridgehead atoms. The number of hydrogen-bond donors (Lipinski definition) is 1. The van der Waals surface area contributed by atoms with Gasteiger partial charge in [0.05, 0.1) is 19.8 Å². The fourth-order valence-corrected chi connectivity index (χ4v) is 4.36. The third kappa shape index (κ3) is 3.82. The van der Waals surface area contributed by atoms with Gasteiger partial charge in [-0.05, 0) is 12.1 Å². The Labute approximate surface area is 166 Å². The number of hydrogen-bond acceptors (Lipinski definition) is 8. The van der Waals surface area contributed by atoms with Crippen LogP contribution in [0.2, 0.25) is 0 Å². The zero-order valence-electron chi connectivity index (χ0n) is 15.5. The van der Waals surface area contributed by atoms with E-state index in [0.29, 0.717) is 43.7 Å². The summed E-state index contributed by atoms with van der Waals surface area (Å²) in [6.07, 6.45) is 4.93. The quantitative estimate of drug-likeness (QED) is 0.635. The van der Waals surface area contributed by atoms with Crippen LogP contribution in [0.25, 0.3) is 10.2 Å². The first-order valence-electron chi connectivity index (χ1n) is 9.06. The lowest BCUT2D eigenvalue weighted by molar-refractivity contribution is 0.0396.